The molecule has 1 heterocycles. The number of nitrogens with zero attached hydrogens (tertiary/aromatic N) is 2. The van der Waals surface area contributed by atoms with Crippen LogP contribution in [0.25, 0.3) is 0 Å². The van der Waals surface area contributed by atoms with Gasteiger partial charge >= 0.3 is 0 Å². The predicted octanol–water partition coefficient (Wildman–Crippen LogP) is 1.59. The Morgan fingerprint density at radius 3 is 2.64 bits per heavy atom. The maximum atomic E-state index is 9.21. The van der Waals surface area contributed by atoms with Crippen molar-refractivity contribution in [2.75, 3.05) is 0 Å². The number of hydrogen-bond acceptors (Lipinski definition) is 2. The molecular formula is C7H11BrN2O. The molecule has 0 fully saturated rings. The second-order valence-electron chi connectivity index (χ2n) is 2.62. The molecule has 0 aliphatic rings. The van der Waals surface area contributed by atoms with Gasteiger partial charge in [0.05, 0.1) is 22.8 Å². The SMILES string of the molecule is CC(O)C(C)n1cc(Br)cn1. The molecule has 0 aliphatic carbocycles. The molecule has 0 spiro atoms. The molecule has 62 valence electrons. The van der Waals surface area contributed by atoms with Gasteiger partial charge in [0.25, 0.3) is 0 Å². The third-order valence-corrected chi connectivity index (χ3v) is 2.09. The fourth-order valence-electron chi connectivity index (χ4n) is 0.759. The van der Waals surface area contributed by atoms with Gasteiger partial charge in [0, 0.05) is 6.20 Å². The van der Waals surface area contributed by atoms with Crippen LogP contribution in [-0.2, 0) is 0 Å². The van der Waals surface area contributed by atoms with Crippen LogP contribution in [0.2, 0.25) is 0 Å². The van der Waals surface area contributed by atoms with Gasteiger partial charge in [0.2, 0.25) is 0 Å². The number of hydrogen-bond donors (Lipinski definition) is 1. The van der Waals surface area contributed by atoms with E-state index in [0.29, 0.717) is 0 Å². The highest BCUT2D eigenvalue weighted by molar-refractivity contribution is 9.10. The van der Waals surface area contributed by atoms with Crippen molar-refractivity contribution in [3.05, 3.63) is 16.9 Å². The van der Waals surface area contributed by atoms with Crippen molar-refractivity contribution < 1.29 is 5.11 Å². The summed E-state index contributed by atoms with van der Waals surface area (Å²) in [5.41, 5.74) is 0. The smallest absolute Gasteiger partial charge is 0.0747 e. The van der Waals surface area contributed by atoms with Gasteiger partial charge in [-0.2, -0.15) is 5.10 Å². The summed E-state index contributed by atoms with van der Waals surface area (Å²) in [6.07, 6.45) is 3.18. The Labute approximate surface area is 74.2 Å². The molecule has 1 aromatic rings. The Balaban J connectivity index is 2.76. The first kappa shape index (κ1) is 8.74. The van der Waals surface area contributed by atoms with Gasteiger partial charge in [-0.15, -0.1) is 0 Å². The summed E-state index contributed by atoms with van der Waals surface area (Å²) in [5, 5.41) is 13.3. The molecule has 0 radical (unpaired) electrons. The molecule has 0 aromatic carbocycles. The molecule has 0 bridgehead atoms. The molecule has 0 saturated heterocycles. The third-order valence-electron chi connectivity index (χ3n) is 1.69. The first-order valence-electron chi connectivity index (χ1n) is 3.49. The van der Waals surface area contributed by atoms with Crippen molar-refractivity contribution in [1.82, 2.24) is 9.78 Å². The van der Waals surface area contributed by atoms with Crippen LogP contribution < -0.4 is 0 Å². The van der Waals surface area contributed by atoms with Crippen molar-refractivity contribution >= 4 is 15.9 Å². The lowest BCUT2D eigenvalue weighted by atomic mass is 10.2. The van der Waals surface area contributed by atoms with Crippen LogP contribution in [-0.4, -0.2) is 21.0 Å². The van der Waals surface area contributed by atoms with Crippen molar-refractivity contribution in [2.24, 2.45) is 0 Å². The van der Waals surface area contributed by atoms with Crippen molar-refractivity contribution in [2.45, 2.75) is 26.0 Å². The van der Waals surface area contributed by atoms with Crippen molar-refractivity contribution in [3.8, 4) is 0 Å². The molecule has 0 aliphatic heterocycles. The second kappa shape index (κ2) is 3.36. The molecule has 1 aromatic heterocycles. The lowest BCUT2D eigenvalue weighted by Gasteiger charge is -2.14. The van der Waals surface area contributed by atoms with E-state index in [0.717, 1.165) is 4.47 Å². The molecule has 0 saturated carbocycles. The summed E-state index contributed by atoms with van der Waals surface area (Å²) in [5.74, 6) is 0. The maximum Gasteiger partial charge on any atom is 0.0747 e. The molecule has 0 amide bonds. The topological polar surface area (TPSA) is 38.0 Å². The van der Waals surface area contributed by atoms with Crippen LogP contribution in [0.1, 0.15) is 19.9 Å². The van der Waals surface area contributed by atoms with E-state index in [1.54, 1.807) is 17.8 Å². The summed E-state index contributed by atoms with van der Waals surface area (Å²) in [6, 6.07) is 0.0290. The van der Waals surface area contributed by atoms with Crippen LogP contribution in [0.5, 0.6) is 0 Å². The Morgan fingerprint density at radius 2 is 2.27 bits per heavy atom. The molecule has 2 unspecified atom stereocenters. The van der Waals surface area contributed by atoms with E-state index in [4.69, 9.17) is 0 Å². The normalized spacial score (nSPS) is 16.4. The van der Waals surface area contributed by atoms with E-state index in [9.17, 15) is 5.11 Å². The van der Waals surface area contributed by atoms with Gasteiger partial charge in [-0.1, -0.05) is 0 Å². The number of rotatable bonds is 2. The van der Waals surface area contributed by atoms with Crippen LogP contribution >= 0.6 is 15.9 Å². The largest absolute Gasteiger partial charge is 0.391 e. The second-order valence-corrected chi connectivity index (χ2v) is 3.54. The zero-order valence-electron chi connectivity index (χ0n) is 6.53. The fraction of sp³-hybridized carbons (Fsp3) is 0.571. The van der Waals surface area contributed by atoms with Crippen LogP contribution in [0.4, 0.5) is 0 Å². The van der Waals surface area contributed by atoms with E-state index < -0.39 is 0 Å². The monoisotopic (exact) mass is 218 g/mol. The van der Waals surface area contributed by atoms with Crippen LogP contribution in [0, 0.1) is 0 Å². The summed E-state index contributed by atoms with van der Waals surface area (Å²) < 4.78 is 2.67. The number of halogens is 1. The summed E-state index contributed by atoms with van der Waals surface area (Å²) >= 11 is 3.28. The van der Waals surface area contributed by atoms with Gasteiger partial charge in [-0.3, -0.25) is 4.68 Å². The maximum absolute atomic E-state index is 9.21. The third kappa shape index (κ3) is 2.04. The van der Waals surface area contributed by atoms with Gasteiger partial charge in [-0.05, 0) is 29.8 Å². The molecule has 3 nitrogen and oxygen atoms in total. The molecule has 4 heteroatoms. The Morgan fingerprint density at radius 1 is 1.64 bits per heavy atom. The molecular weight excluding hydrogens is 208 g/mol. The van der Waals surface area contributed by atoms with Gasteiger partial charge in [0.1, 0.15) is 0 Å². The van der Waals surface area contributed by atoms with Crippen LogP contribution in [0.3, 0.4) is 0 Å². The van der Waals surface area contributed by atoms with Crippen molar-refractivity contribution in [1.29, 1.82) is 0 Å². The van der Waals surface area contributed by atoms with Crippen molar-refractivity contribution in [3.63, 3.8) is 0 Å². The van der Waals surface area contributed by atoms with Gasteiger partial charge in [-0.25, -0.2) is 0 Å². The summed E-state index contributed by atoms with van der Waals surface area (Å²) in [6.45, 7) is 3.67. The minimum Gasteiger partial charge on any atom is -0.391 e. The number of aliphatic hydroxyl groups excluding tert-OH is 1. The van der Waals surface area contributed by atoms with E-state index in [2.05, 4.69) is 21.0 Å². The Hall–Kier alpha value is -0.350. The Bertz CT molecular complexity index is 234. The highest BCUT2D eigenvalue weighted by Gasteiger charge is 2.10. The average molecular weight is 219 g/mol. The zero-order chi connectivity index (χ0) is 8.43. The average Bonchev–Trinajstić information content (AvgIpc) is 2.34. The molecule has 2 atom stereocenters. The van der Waals surface area contributed by atoms with E-state index in [1.165, 1.54) is 0 Å². The summed E-state index contributed by atoms with van der Waals surface area (Å²) in [4.78, 5) is 0. The number of aromatic nitrogens is 2. The van der Waals surface area contributed by atoms with E-state index >= 15 is 0 Å². The number of aliphatic hydroxyl groups is 1. The lowest BCUT2D eigenvalue weighted by Crippen LogP contribution is -2.18. The predicted molar refractivity (Wildman–Crippen MR) is 46.3 cm³/mol. The Kier molecular flexibility index (Phi) is 2.67. The van der Waals surface area contributed by atoms with E-state index in [1.807, 2.05) is 13.1 Å². The lowest BCUT2D eigenvalue weighted by molar-refractivity contribution is 0.132. The molecule has 1 rings (SSSR count). The first-order valence-corrected chi connectivity index (χ1v) is 4.28. The minimum absolute atomic E-state index is 0.0290. The standard InChI is InChI=1S/C7H11BrN2O/c1-5(6(2)11)10-4-7(8)3-9-10/h3-6,11H,1-2H3. The molecule has 1 N–H and O–H groups in total. The first-order chi connectivity index (χ1) is 5.11. The zero-order valence-corrected chi connectivity index (χ0v) is 8.12. The fourth-order valence-corrected chi connectivity index (χ4v) is 1.06. The quantitative estimate of drug-likeness (QED) is 0.820. The van der Waals surface area contributed by atoms with Crippen LogP contribution in [0.15, 0.2) is 16.9 Å². The minimum atomic E-state index is -0.373. The van der Waals surface area contributed by atoms with E-state index in [-0.39, 0.29) is 12.1 Å². The van der Waals surface area contributed by atoms with Gasteiger partial charge in [0.15, 0.2) is 0 Å². The summed E-state index contributed by atoms with van der Waals surface area (Å²) in [7, 11) is 0. The van der Waals surface area contributed by atoms with Gasteiger partial charge < -0.3 is 5.11 Å². The molecule has 11 heavy (non-hydrogen) atoms. The highest BCUT2D eigenvalue weighted by atomic mass is 79.9. The highest BCUT2D eigenvalue weighted by Crippen LogP contribution is 2.13.